The lowest BCUT2D eigenvalue weighted by Gasteiger charge is -2.42. The molecular formula is C20H21Cl2N3. The van der Waals surface area contributed by atoms with E-state index in [1.807, 2.05) is 18.2 Å². The largest absolute Gasteiger partial charge is 0.371 e. The molecule has 3 aliphatic heterocycles. The first kappa shape index (κ1) is 15.8. The Morgan fingerprint density at radius 3 is 2.96 bits per heavy atom. The van der Waals surface area contributed by atoms with Crippen LogP contribution >= 0.6 is 23.2 Å². The van der Waals surface area contributed by atoms with Crippen LogP contribution in [0.5, 0.6) is 0 Å². The number of rotatable bonds is 2. The lowest BCUT2D eigenvalue weighted by atomic mass is 9.80. The molecule has 2 N–H and O–H groups in total. The predicted octanol–water partition coefficient (Wildman–Crippen LogP) is 4.81. The molecule has 25 heavy (non-hydrogen) atoms. The van der Waals surface area contributed by atoms with Crippen LogP contribution in [0.1, 0.15) is 23.5 Å². The van der Waals surface area contributed by atoms with E-state index in [1.165, 1.54) is 36.3 Å². The zero-order valence-electron chi connectivity index (χ0n) is 14.0. The number of halogens is 2. The van der Waals surface area contributed by atoms with E-state index < -0.39 is 0 Å². The van der Waals surface area contributed by atoms with E-state index in [1.54, 1.807) is 0 Å². The molecule has 1 saturated heterocycles. The molecule has 5 heteroatoms. The van der Waals surface area contributed by atoms with Crippen molar-refractivity contribution in [1.29, 1.82) is 0 Å². The van der Waals surface area contributed by atoms with Gasteiger partial charge < -0.3 is 15.5 Å². The van der Waals surface area contributed by atoms with Crippen molar-refractivity contribution in [2.75, 3.05) is 36.4 Å². The van der Waals surface area contributed by atoms with Crippen LogP contribution in [0.4, 0.5) is 17.1 Å². The van der Waals surface area contributed by atoms with Crippen LogP contribution in [0, 0.1) is 5.92 Å². The van der Waals surface area contributed by atoms with Gasteiger partial charge in [0.1, 0.15) is 0 Å². The zero-order valence-corrected chi connectivity index (χ0v) is 15.5. The number of hydrogen-bond acceptors (Lipinski definition) is 3. The Bertz CT molecular complexity index is 836. The first-order valence-electron chi connectivity index (χ1n) is 9.03. The first-order chi connectivity index (χ1) is 12.2. The average Bonchev–Trinajstić information content (AvgIpc) is 3.07. The number of nitrogens with zero attached hydrogens (tertiary/aromatic N) is 1. The predicted molar refractivity (Wildman–Crippen MR) is 106 cm³/mol. The van der Waals surface area contributed by atoms with Gasteiger partial charge in [-0.05, 0) is 60.2 Å². The Labute approximate surface area is 158 Å². The fourth-order valence-electron chi connectivity index (χ4n) is 4.73. The van der Waals surface area contributed by atoms with E-state index in [-0.39, 0.29) is 0 Å². The van der Waals surface area contributed by atoms with Crippen LogP contribution in [0.2, 0.25) is 10.0 Å². The van der Waals surface area contributed by atoms with Crippen molar-refractivity contribution in [3.05, 3.63) is 51.5 Å². The lowest BCUT2D eigenvalue weighted by Crippen LogP contribution is -2.41. The third kappa shape index (κ3) is 2.69. The van der Waals surface area contributed by atoms with Crippen LogP contribution in [0.25, 0.3) is 0 Å². The molecule has 3 aliphatic rings. The second-order valence-electron chi connectivity index (χ2n) is 7.40. The highest BCUT2D eigenvalue weighted by molar-refractivity contribution is 6.35. The number of anilines is 3. The summed E-state index contributed by atoms with van der Waals surface area (Å²) in [6, 6.07) is 10.2. The molecule has 0 radical (unpaired) electrons. The molecule has 2 atom stereocenters. The van der Waals surface area contributed by atoms with Gasteiger partial charge in [-0.1, -0.05) is 23.2 Å². The summed E-state index contributed by atoms with van der Waals surface area (Å²) in [6.45, 7) is 4.61. The molecule has 2 aromatic carbocycles. The number of aryl methyl sites for hydroxylation is 1. The molecule has 0 unspecified atom stereocenters. The van der Waals surface area contributed by atoms with E-state index in [0.29, 0.717) is 16.0 Å². The minimum atomic E-state index is 0.625. The van der Waals surface area contributed by atoms with E-state index >= 15 is 0 Å². The highest BCUT2D eigenvalue weighted by Crippen LogP contribution is 2.46. The highest BCUT2D eigenvalue weighted by Gasteiger charge is 2.38. The van der Waals surface area contributed by atoms with Crippen molar-refractivity contribution < 1.29 is 0 Å². The molecule has 0 aromatic heterocycles. The maximum absolute atomic E-state index is 6.35. The van der Waals surface area contributed by atoms with E-state index in [2.05, 4.69) is 27.7 Å². The summed E-state index contributed by atoms with van der Waals surface area (Å²) in [5.74, 6) is 1.35. The Balaban J connectivity index is 1.58. The van der Waals surface area contributed by atoms with Crippen molar-refractivity contribution in [1.82, 2.24) is 5.32 Å². The maximum Gasteiger partial charge on any atom is 0.0642 e. The molecule has 0 aliphatic carbocycles. The molecule has 0 bridgehead atoms. The van der Waals surface area contributed by atoms with E-state index in [0.717, 1.165) is 36.8 Å². The van der Waals surface area contributed by atoms with Gasteiger partial charge in [-0.2, -0.15) is 0 Å². The normalized spacial score (nSPS) is 24.0. The number of fused-ring (bicyclic) bond motifs is 2. The van der Waals surface area contributed by atoms with E-state index in [4.69, 9.17) is 23.2 Å². The average molecular weight is 374 g/mol. The van der Waals surface area contributed by atoms with E-state index in [9.17, 15) is 0 Å². The van der Waals surface area contributed by atoms with Crippen LogP contribution in [0.15, 0.2) is 30.3 Å². The highest BCUT2D eigenvalue weighted by atomic mass is 35.5. The second-order valence-corrected chi connectivity index (χ2v) is 8.24. The Morgan fingerprint density at radius 1 is 1.12 bits per heavy atom. The molecular weight excluding hydrogens is 353 g/mol. The van der Waals surface area contributed by atoms with Crippen LogP contribution < -0.4 is 15.5 Å². The fourth-order valence-corrected chi connectivity index (χ4v) is 5.06. The van der Waals surface area contributed by atoms with Gasteiger partial charge in [-0.15, -0.1) is 0 Å². The molecule has 0 saturated carbocycles. The van der Waals surface area contributed by atoms with Gasteiger partial charge in [0.25, 0.3) is 0 Å². The van der Waals surface area contributed by atoms with Crippen LogP contribution in [-0.2, 0) is 6.42 Å². The zero-order chi connectivity index (χ0) is 17.0. The third-order valence-electron chi connectivity index (χ3n) is 5.81. The molecule has 1 fully saturated rings. The van der Waals surface area contributed by atoms with Gasteiger partial charge >= 0.3 is 0 Å². The molecule has 2 aromatic rings. The van der Waals surface area contributed by atoms with Gasteiger partial charge in [-0.25, -0.2) is 0 Å². The quantitative estimate of drug-likeness (QED) is 0.790. The standard InChI is InChI=1S/C20H21Cl2N3/c21-14-3-4-18(22)19(7-14)24-15-6-12-2-1-5-25-11-13-9-23-10-17(13)16(8-15)20(12)25/h3-4,6-8,13,17,23-24H,1-2,5,9-11H2/t13-,17-/m1/s1. The summed E-state index contributed by atoms with van der Waals surface area (Å²) in [5, 5.41) is 8.48. The molecule has 3 heterocycles. The maximum atomic E-state index is 6.35. The first-order valence-corrected chi connectivity index (χ1v) is 9.79. The van der Waals surface area contributed by atoms with Gasteiger partial charge in [0.2, 0.25) is 0 Å². The number of hydrogen-bond donors (Lipinski definition) is 2. The summed E-state index contributed by atoms with van der Waals surface area (Å²) in [6.07, 6.45) is 2.39. The van der Waals surface area contributed by atoms with Crippen molar-refractivity contribution in [3.8, 4) is 0 Å². The molecule has 130 valence electrons. The molecule has 5 rings (SSSR count). The van der Waals surface area contributed by atoms with Crippen molar-refractivity contribution >= 4 is 40.3 Å². The smallest absolute Gasteiger partial charge is 0.0642 e. The van der Waals surface area contributed by atoms with Crippen molar-refractivity contribution in [2.45, 2.75) is 18.8 Å². The number of benzene rings is 2. The Kier molecular flexibility index (Phi) is 3.85. The summed E-state index contributed by atoms with van der Waals surface area (Å²) >= 11 is 12.5. The topological polar surface area (TPSA) is 27.3 Å². The minimum absolute atomic E-state index is 0.625. The fraction of sp³-hybridized carbons (Fsp3) is 0.400. The summed E-state index contributed by atoms with van der Waals surface area (Å²) in [4.78, 5) is 2.61. The second kappa shape index (κ2) is 6.08. The summed E-state index contributed by atoms with van der Waals surface area (Å²) in [5.41, 5.74) is 6.45. The van der Waals surface area contributed by atoms with Gasteiger partial charge in [0.15, 0.2) is 0 Å². The van der Waals surface area contributed by atoms with Gasteiger partial charge in [0.05, 0.1) is 10.7 Å². The van der Waals surface area contributed by atoms with Crippen molar-refractivity contribution in [2.24, 2.45) is 5.92 Å². The summed E-state index contributed by atoms with van der Waals surface area (Å²) < 4.78 is 0. The SMILES string of the molecule is Clc1ccc(Cl)c(Nc2cc3c4c(c2)[C@@H]2CNC[C@@H]2CN4CCC3)c1. The molecule has 3 nitrogen and oxygen atoms in total. The van der Waals surface area contributed by atoms with Crippen LogP contribution in [0.3, 0.4) is 0 Å². The monoisotopic (exact) mass is 373 g/mol. The summed E-state index contributed by atoms with van der Waals surface area (Å²) in [7, 11) is 0. The third-order valence-corrected chi connectivity index (χ3v) is 6.37. The Hall–Kier alpha value is -1.42. The lowest BCUT2D eigenvalue weighted by molar-refractivity contribution is 0.470. The number of nitrogens with one attached hydrogen (secondary N) is 2. The molecule has 0 amide bonds. The van der Waals surface area contributed by atoms with Crippen LogP contribution in [-0.4, -0.2) is 26.2 Å². The van der Waals surface area contributed by atoms with Gasteiger partial charge in [-0.3, -0.25) is 0 Å². The Morgan fingerprint density at radius 2 is 2.04 bits per heavy atom. The van der Waals surface area contributed by atoms with Crippen molar-refractivity contribution in [3.63, 3.8) is 0 Å². The molecule has 0 spiro atoms. The minimum Gasteiger partial charge on any atom is -0.371 e. The van der Waals surface area contributed by atoms with Gasteiger partial charge in [0, 0.05) is 48.5 Å².